The van der Waals surface area contributed by atoms with Crippen molar-refractivity contribution >= 4 is 5.97 Å². The van der Waals surface area contributed by atoms with Crippen LogP contribution in [-0.4, -0.2) is 30.4 Å². The molecule has 0 heterocycles. The van der Waals surface area contributed by atoms with Gasteiger partial charge in [-0.3, -0.25) is 4.79 Å². The molecule has 9 aliphatic carbocycles. The van der Waals surface area contributed by atoms with E-state index in [2.05, 4.69) is 0 Å². The van der Waals surface area contributed by atoms with Gasteiger partial charge >= 0.3 is 5.97 Å². The van der Waals surface area contributed by atoms with Gasteiger partial charge in [-0.1, -0.05) is 24.6 Å². The summed E-state index contributed by atoms with van der Waals surface area (Å²) >= 11 is 0. The first-order chi connectivity index (χ1) is 15.6. The van der Waals surface area contributed by atoms with Gasteiger partial charge < -0.3 is 14.6 Å². The van der Waals surface area contributed by atoms with Crippen LogP contribution in [0.5, 0.6) is 5.75 Å². The van der Waals surface area contributed by atoms with Gasteiger partial charge in [0.1, 0.15) is 11.2 Å². The van der Waals surface area contributed by atoms with Gasteiger partial charge in [-0.15, -0.1) is 0 Å². The zero-order valence-electron chi connectivity index (χ0n) is 18.7. The highest BCUT2D eigenvalue weighted by molar-refractivity contribution is 5.83. The summed E-state index contributed by atoms with van der Waals surface area (Å²) in [5.74, 6) is 6.66. The number of para-hydroxylation sites is 1. The van der Waals surface area contributed by atoms with Crippen molar-refractivity contribution in [2.45, 2.75) is 37.7 Å². The molecule has 9 aliphatic rings. The zero-order chi connectivity index (χ0) is 21.2. The molecule has 168 valence electrons. The second-order valence-corrected chi connectivity index (χ2v) is 12.7. The predicted octanol–water partition coefficient (Wildman–Crippen LogP) is 3.78. The third-order valence-corrected chi connectivity index (χ3v) is 13.2. The molecular weight excluding hydrogens is 400 g/mol. The van der Waals surface area contributed by atoms with Crippen LogP contribution in [0.3, 0.4) is 0 Å². The average molecular weight is 433 g/mol. The van der Waals surface area contributed by atoms with E-state index in [-0.39, 0.29) is 17.3 Å². The number of methoxy groups -OCH3 is 1. The molecule has 1 aromatic carbocycles. The summed E-state index contributed by atoms with van der Waals surface area (Å²) in [5, 5.41) is 13.2. The molecule has 9 bridgehead atoms. The number of carbonyl (C=O) groups is 1. The predicted molar refractivity (Wildman–Crippen MR) is 115 cm³/mol. The summed E-state index contributed by atoms with van der Waals surface area (Å²) < 4.78 is 12.3. The van der Waals surface area contributed by atoms with E-state index in [4.69, 9.17) is 9.47 Å². The molecule has 0 aromatic heterocycles. The van der Waals surface area contributed by atoms with Gasteiger partial charge in [0.2, 0.25) is 0 Å². The van der Waals surface area contributed by atoms with Crippen molar-refractivity contribution in [3.05, 3.63) is 30.3 Å². The molecule has 32 heavy (non-hydrogen) atoms. The molecule has 0 aliphatic heterocycles. The van der Waals surface area contributed by atoms with E-state index in [1.807, 2.05) is 30.3 Å². The third kappa shape index (κ3) is 1.32. The Labute approximate surface area is 189 Å². The van der Waals surface area contributed by atoms with E-state index in [0.717, 1.165) is 12.2 Å². The molecule has 9 fully saturated rings. The Bertz CT molecular complexity index is 1050. The van der Waals surface area contributed by atoms with Crippen LogP contribution in [0.15, 0.2) is 30.3 Å². The van der Waals surface area contributed by atoms with Crippen LogP contribution in [0, 0.1) is 75.9 Å². The van der Waals surface area contributed by atoms with Crippen LogP contribution in [0.4, 0.5) is 0 Å². The summed E-state index contributed by atoms with van der Waals surface area (Å²) in [6.07, 6.45) is 6.12. The number of hydrogen-bond donors (Lipinski definition) is 1. The highest BCUT2D eigenvalue weighted by Gasteiger charge is 3.02. The highest BCUT2D eigenvalue weighted by atomic mass is 16.5. The van der Waals surface area contributed by atoms with Crippen LogP contribution in [0.2, 0.25) is 0 Å². The quantitative estimate of drug-likeness (QED) is 0.736. The number of hydrogen-bond acceptors (Lipinski definition) is 4. The van der Waals surface area contributed by atoms with Crippen molar-refractivity contribution in [2.24, 2.45) is 75.9 Å². The van der Waals surface area contributed by atoms with Crippen LogP contribution >= 0.6 is 0 Å². The Balaban J connectivity index is 1.32. The topological polar surface area (TPSA) is 55.8 Å². The molecule has 0 saturated heterocycles. The van der Waals surface area contributed by atoms with Crippen molar-refractivity contribution in [3.63, 3.8) is 0 Å². The minimum atomic E-state index is -0.946. The smallest absolute Gasteiger partial charge is 0.315 e. The minimum absolute atomic E-state index is 0.0618. The molecular formula is C28H32O4. The lowest BCUT2D eigenvalue weighted by Gasteiger charge is -2.63. The van der Waals surface area contributed by atoms with Gasteiger partial charge in [0.25, 0.3) is 0 Å². The van der Waals surface area contributed by atoms with Gasteiger partial charge in [-0.25, -0.2) is 0 Å². The van der Waals surface area contributed by atoms with Gasteiger partial charge in [0.05, 0.1) is 19.3 Å². The van der Waals surface area contributed by atoms with Crippen molar-refractivity contribution < 1.29 is 19.4 Å². The summed E-state index contributed by atoms with van der Waals surface area (Å²) in [4.78, 5) is 14.0. The second-order valence-electron chi connectivity index (χ2n) is 12.7. The average Bonchev–Trinajstić information content (AvgIpc) is 3.59. The summed E-state index contributed by atoms with van der Waals surface area (Å²) in [6, 6.07) is 10.2. The molecule has 0 spiro atoms. The number of carbonyl (C=O) groups excluding carboxylic acids is 1. The lowest BCUT2D eigenvalue weighted by molar-refractivity contribution is -0.271. The van der Waals surface area contributed by atoms with E-state index in [9.17, 15) is 9.90 Å². The Morgan fingerprint density at radius 1 is 0.938 bits per heavy atom. The lowest BCUT2D eigenvalue weighted by Crippen LogP contribution is -2.74. The Hall–Kier alpha value is -1.55. The van der Waals surface area contributed by atoms with Crippen LogP contribution in [0.1, 0.15) is 32.1 Å². The SMILES string of the molecule is COC(=O)[C@@]12[C@@H]3[C@H]4CC[C@H]5[C@@H]4[C@@H]4[C@@H]3[C@@H]3[C@H]([C@H]6CCC[C@H]6[C@@H]31)[C@]4(COc1ccccc1)[C@]52O. The molecule has 9 saturated carbocycles. The Morgan fingerprint density at radius 3 is 2.44 bits per heavy atom. The molecule has 0 radical (unpaired) electrons. The van der Waals surface area contributed by atoms with Crippen molar-refractivity contribution in [1.29, 1.82) is 0 Å². The van der Waals surface area contributed by atoms with Crippen LogP contribution in [0.25, 0.3) is 0 Å². The maximum absolute atomic E-state index is 14.0. The fourth-order valence-electron chi connectivity index (χ4n) is 13.7. The number of rotatable bonds is 4. The Morgan fingerprint density at radius 2 is 1.66 bits per heavy atom. The Kier molecular flexibility index (Phi) is 2.84. The van der Waals surface area contributed by atoms with Crippen molar-refractivity contribution in [2.75, 3.05) is 13.7 Å². The summed E-state index contributed by atoms with van der Waals surface area (Å²) in [7, 11) is 1.57. The van der Waals surface area contributed by atoms with E-state index in [0.29, 0.717) is 65.8 Å². The monoisotopic (exact) mass is 432 g/mol. The van der Waals surface area contributed by atoms with Crippen molar-refractivity contribution in [1.82, 2.24) is 0 Å². The molecule has 4 nitrogen and oxygen atoms in total. The fraction of sp³-hybridized carbons (Fsp3) is 0.750. The largest absolute Gasteiger partial charge is 0.493 e. The van der Waals surface area contributed by atoms with Gasteiger partial charge in [-0.05, 0) is 103 Å². The summed E-state index contributed by atoms with van der Waals surface area (Å²) in [5.41, 5.74) is -1.89. The van der Waals surface area contributed by atoms with Gasteiger partial charge in [0, 0.05) is 5.41 Å². The molecule has 0 unspecified atom stereocenters. The van der Waals surface area contributed by atoms with Crippen LogP contribution in [-0.2, 0) is 9.53 Å². The number of fused-ring (bicyclic) bond motifs is 1. The molecule has 0 amide bonds. The zero-order valence-corrected chi connectivity index (χ0v) is 18.7. The van der Waals surface area contributed by atoms with Crippen molar-refractivity contribution in [3.8, 4) is 5.75 Å². The molecule has 10 rings (SSSR count). The number of esters is 1. The first-order valence-corrected chi connectivity index (χ1v) is 13.1. The first-order valence-electron chi connectivity index (χ1n) is 13.1. The third-order valence-electron chi connectivity index (χ3n) is 13.2. The molecule has 1 aromatic rings. The summed E-state index contributed by atoms with van der Waals surface area (Å²) in [6.45, 7) is 0.580. The van der Waals surface area contributed by atoms with E-state index in [1.54, 1.807) is 7.11 Å². The highest BCUT2D eigenvalue weighted by Crippen LogP contribution is 2.98. The van der Waals surface area contributed by atoms with E-state index < -0.39 is 11.0 Å². The lowest BCUT2D eigenvalue weighted by atomic mass is 9.42. The van der Waals surface area contributed by atoms with Gasteiger partial charge in [-0.2, -0.15) is 0 Å². The number of ether oxygens (including phenoxy) is 2. The fourth-order valence-corrected chi connectivity index (χ4v) is 13.7. The minimum Gasteiger partial charge on any atom is -0.493 e. The molecule has 4 heteroatoms. The van der Waals surface area contributed by atoms with Crippen LogP contribution < -0.4 is 4.74 Å². The molecule has 1 N–H and O–H groups in total. The maximum atomic E-state index is 14.0. The number of benzene rings is 1. The maximum Gasteiger partial charge on any atom is 0.315 e. The normalized spacial score (nSPS) is 62.4. The standard InChI is InChI=1S/C28H32O4/c1-31-25(29)27-22-15-9-5-8-14(15)21-19(22)20-23(27)16-10-11-17-18(16)24(20)26(21,28(17,27)30)12-32-13-6-3-2-4-7-13/h2-4,6-7,14-24,30H,5,8-12H2,1H3/t14-,15+,16-,17-,18+,19+,20+,21-,22-,23+,24+,26-,27-,28+/m0/s1. The number of aliphatic hydroxyl groups is 1. The first kappa shape index (κ1) is 17.9. The molecule has 14 atom stereocenters. The van der Waals surface area contributed by atoms with E-state index in [1.165, 1.54) is 25.7 Å². The second kappa shape index (κ2) is 5.09. The van der Waals surface area contributed by atoms with Gasteiger partial charge in [0.15, 0.2) is 0 Å². The van der Waals surface area contributed by atoms with E-state index >= 15 is 0 Å².